The third-order valence-electron chi connectivity index (χ3n) is 3.15. The zero-order valence-corrected chi connectivity index (χ0v) is 10.9. The van der Waals surface area contributed by atoms with Gasteiger partial charge in [0.05, 0.1) is 6.54 Å². The molecule has 2 atom stereocenters. The second kappa shape index (κ2) is 5.49. The molecule has 1 heterocycles. The SMILES string of the molecule is CC1CCC(Nc2nnc(CNC(C)C)o2)C1. The summed E-state index contributed by atoms with van der Waals surface area (Å²) in [6.45, 7) is 7.10. The van der Waals surface area contributed by atoms with E-state index in [-0.39, 0.29) is 0 Å². The summed E-state index contributed by atoms with van der Waals surface area (Å²) in [6, 6.07) is 1.48. The van der Waals surface area contributed by atoms with E-state index in [0.29, 0.717) is 30.5 Å². The van der Waals surface area contributed by atoms with Crippen LogP contribution in [-0.4, -0.2) is 22.3 Å². The molecule has 0 amide bonds. The number of anilines is 1. The minimum absolute atomic E-state index is 0.425. The maximum atomic E-state index is 5.54. The average Bonchev–Trinajstić information content (AvgIpc) is 2.86. The van der Waals surface area contributed by atoms with Crippen LogP contribution in [0.5, 0.6) is 0 Å². The Morgan fingerprint density at radius 1 is 1.35 bits per heavy atom. The van der Waals surface area contributed by atoms with Crippen molar-refractivity contribution in [3.05, 3.63) is 5.89 Å². The minimum atomic E-state index is 0.425. The molecule has 1 aliphatic rings. The lowest BCUT2D eigenvalue weighted by molar-refractivity contribution is 0.454. The summed E-state index contributed by atoms with van der Waals surface area (Å²) in [6.07, 6.45) is 3.68. The van der Waals surface area contributed by atoms with Crippen molar-refractivity contribution in [2.75, 3.05) is 5.32 Å². The highest BCUT2D eigenvalue weighted by Crippen LogP contribution is 2.26. The molecule has 1 aromatic rings. The van der Waals surface area contributed by atoms with Crippen LogP contribution in [0.2, 0.25) is 0 Å². The van der Waals surface area contributed by atoms with Crippen molar-refractivity contribution in [3.8, 4) is 0 Å². The summed E-state index contributed by atoms with van der Waals surface area (Å²) in [7, 11) is 0. The molecule has 1 aromatic heterocycles. The van der Waals surface area contributed by atoms with Gasteiger partial charge in [0.1, 0.15) is 0 Å². The molecule has 0 spiro atoms. The van der Waals surface area contributed by atoms with Crippen LogP contribution in [0.25, 0.3) is 0 Å². The molecule has 0 bridgehead atoms. The molecule has 0 aliphatic heterocycles. The zero-order valence-electron chi connectivity index (χ0n) is 10.9. The van der Waals surface area contributed by atoms with Crippen molar-refractivity contribution in [3.63, 3.8) is 0 Å². The second-order valence-corrected chi connectivity index (χ2v) is 5.30. The molecule has 2 rings (SSSR count). The molecule has 0 aromatic carbocycles. The lowest BCUT2D eigenvalue weighted by atomic mass is 10.1. The van der Waals surface area contributed by atoms with Gasteiger partial charge in [-0.2, -0.15) is 0 Å². The first-order valence-electron chi connectivity index (χ1n) is 6.45. The normalized spacial score (nSPS) is 24.5. The summed E-state index contributed by atoms with van der Waals surface area (Å²) in [5.41, 5.74) is 0. The van der Waals surface area contributed by atoms with Crippen LogP contribution in [0.3, 0.4) is 0 Å². The predicted molar refractivity (Wildman–Crippen MR) is 66.7 cm³/mol. The summed E-state index contributed by atoms with van der Waals surface area (Å²) >= 11 is 0. The lowest BCUT2D eigenvalue weighted by Crippen LogP contribution is -2.21. The van der Waals surface area contributed by atoms with E-state index in [4.69, 9.17) is 4.42 Å². The van der Waals surface area contributed by atoms with Crippen LogP contribution in [0.4, 0.5) is 6.01 Å². The molecule has 2 N–H and O–H groups in total. The van der Waals surface area contributed by atoms with Gasteiger partial charge in [0.25, 0.3) is 0 Å². The molecule has 2 unspecified atom stereocenters. The van der Waals surface area contributed by atoms with Gasteiger partial charge in [-0.05, 0) is 25.2 Å². The quantitative estimate of drug-likeness (QED) is 0.823. The van der Waals surface area contributed by atoms with Crippen LogP contribution in [-0.2, 0) is 6.54 Å². The van der Waals surface area contributed by atoms with E-state index in [1.807, 2.05) is 0 Å². The van der Waals surface area contributed by atoms with Crippen LogP contribution >= 0.6 is 0 Å². The van der Waals surface area contributed by atoms with Gasteiger partial charge >= 0.3 is 6.01 Å². The third-order valence-corrected chi connectivity index (χ3v) is 3.15. The number of aromatic nitrogens is 2. The van der Waals surface area contributed by atoms with E-state index in [9.17, 15) is 0 Å². The van der Waals surface area contributed by atoms with Crippen LogP contribution in [0.1, 0.15) is 45.9 Å². The van der Waals surface area contributed by atoms with Crippen LogP contribution in [0.15, 0.2) is 4.42 Å². The van der Waals surface area contributed by atoms with E-state index in [1.165, 1.54) is 19.3 Å². The highest BCUT2D eigenvalue weighted by Gasteiger charge is 2.22. The largest absolute Gasteiger partial charge is 0.407 e. The molecule has 0 saturated heterocycles. The maximum absolute atomic E-state index is 5.54. The number of hydrogen-bond acceptors (Lipinski definition) is 5. The second-order valence-electron chi connectivity index (χ2n) is 5.30. The summed E-state index contributed by atoms with van der Waals surface area (Å²) in [4.78, 5) is 0. The van der Waals surface area contributed by atoms with Gasteiger partial charge < -0.3 is 15.1 Å². The summed E-state index contributed by atoms with van der Waals surface area (Å²) in [5, 5.41) is 14.6. The zero-order chi connectivity index (χ0) is 12.3. The van der Waals surface area contributed by atoms with Crippen molar-refractivity contribution in [2.45, 2.75) is 58.7 Å². The monoisotopic (exact) mass is 238 g/mol. The van der Waals surface area contributed by atoms with Crippen molar-refractivity contribution >= 4 is 6.01 Å². The highest BCUT2D eigenvalue weighted by molar-refractivity contribution is 5.20. The smallest absolute Gasteiger partial charge is 0.315 e. The van der Waals surface area contributed by atoms with Gasteiger partial charge in [0, 0.05) is 12.1 Å². The van der Waals surface area contributed by atoms with Gasteiger partial charge in [-0.15, -0.1) is 5.10 Å². The first-order valence-corrected chi connectivity index (χ1v) is 6.45. The molecule has 5 nitrogen and oxygen atoms in total. The van der Waals surface area contributed by atoms with E-state index in [2.05, 4.69) is 41.6 Å². The van der Waals surface area contributed by atoms with Gasteiger partial charge in [-0.25, -0.2) is 0 Å². The summed E-state index contributed by atoms with van der Waals surface area (Å²) < 4.78 is 5.54. The summed E-state index contributed by atoms with van der Waals surface area (Å²) in [5.74, 6) is 1.45. The van der Waals surface area contributed by atoms with Crippen molar-refractivity contribution < 1.29 is 4.42 Å². The Kier molecular flexibility index (Phi) is 3.99. The average molecular weight is 238 g/mol. The van der Waals surface area contributed by atoms with Crippen molar-refractivity contribution in [1.82, 2.24) is 15.5 Å². The van der Waals surface area contributed by atoms with Crippen LogP contribution < -0.4 is 10.6 Å². The van der Waals surface area contributed by atoms with Crippen molar-refractivity contribution in [1.29, 1.82) is 0 Å². The Morgan fingerprint density at radius 3 is 2.82 bits per heavy atom. The lowest BCUT2D eigenvalue weighted by Gasteiger charge is -2.09. The fourth-order valence-corrected chi connectivity index (χ4v) is 2.19. The van der Waals surface area contributed by atoms with Gasteiger partial charge in [-0.1, -0.05) is 25.9 Å². The standard InChI is InChI=1S/C12H22N4O/c1-8(2)13-7-11-15-16-12(17-11)14-10-5-4-9(3)6-10/h8-10,13H,4-7H2,1-3H3,(H,14,16). The maximum Gasteiger partial charge on any atom is 0.315 e. The fourth-order valence-electron chi connectivity index (χ4n) is 2.19. The minimum Gasteiger partial charge on any atom is -0.407 e. The number of hydrogen-bond donors (Lipinski definition) is 2. The topological polar surface area (TPSA) is 63.0 Å². The Bertz CT molecular complexity index is 350. The molecule has 1 fully saturated rings. The predicted octanol–water partition coefficient (Wildman–Crippen LogP) is 2.17. The number of rotatable bonds is 5. The Balaban J connectivity index is 1.81. The first-order chi connectivity index (χ1) is 8.13. The number of nitrogens with zero attached hydrogens (tertiary/aromatic N) is 2. The Morgan fingerprint density at radius 2 is 2.18 bits per heavy atom. The molecule has 0 radical (unpaired) electrons. The van der Waals surface area contributed by atoms with Gasteiger partial charge in [-0.3, -0.25) is 0 Å². The third kappa shape index (κ3) is 3.70. The highest BCUT2D eigenvalue weighted by atomic mass is 16.4. The Labute approximate surface area is 102 Å². The number of nitrogens with one attached hydrogen (secondary N) is 2. The van der Waals surface area contributed by atoms with E-state index in [0.717, 1.165) is 5.92 Å². The van der Waals surface area contributed by atoms with Gasteiger partial charge in [0.2, 0.25) is 5.89 Å². The van der Waals surface area contributed by atoms with Crippen LogP contribution in [0, 0.1) is 5.92 Å². The molecular weight excluding hydrogens is 216 g/mol. The van der Waals surface area contributed by atoms with Crippen molar-refractivity contribution in [2.24, 2.45) is 5.92 Å². The van der Waals surface area contributed by atoms with E-state index in [1.54, 1.807) is 0 Å². The fraction of sp³-hybridized carbons (Fsp3) is 0.833. The molecule has 96 valence electrons. The molecule has 17 heavy (non-hydrogen) atoms. The van der Waals surface area contributed by atoms with E-state index >= 15 is 0 Å². The molecular formula is C12H22N4O. The molecule has 5 heteroatoms. The van der Waals surface area contributed by atoms with Gasteiger partial charge in [0.15, 0.2) is 0 Å². The Hall–Kier alpha value is -1.10. The molecule has 1 saturated carbocycles. The molecule has 1 aliphatic carbocycles. The van der Waals surface area contributed by atoms with E-state index < -0.39 is 0 Å². The first kappa shape index (κ1) is 12.4.